The fourth-order valence-corrected chi connectivity index (χ4v) is 2.92. The number of rotatable bonds is 3. The lowest BCUT2D eigenvalue weighted by Crippen LogP contribution is -2.39. The van der Waals surface area contributed by atoms with E-state index in [1.165, 1.54) is 18.4 Å². The minimum Gasteiger partial charge on any atom is -0.351 e. The predicted molar refractivity (Wildman–Crippen MR) is 75.4 cm³/mol. The summed E-state index contributed by atoms with van der Waals surface area (Å²) in [6.45, 7) is 6.56. The average molecular weight is 298 g/mol. The largest absolute Gasteiger partial charge is 0.351 e. The second-order valence-corrected chi connectivity index (χ2v) is 6.15. The van der Waals surface area contributed by atoms with Crippen molar-refractivity contribution in [2.75, 3.05) is 18.5 Å². The van der Waals surface area contributed by atoms with E-state index >= 15 is 0 Å². The molecule has 1 aromatic rings. The Morgan fingerprint density at radius 2 is 2.29 bits per heavy atom. The Bertz CT molecular complexity index is 404. The van der Waals surface area contributed by atoms with Gasteiger partial charge in [-0.3, -0.25) is 0 Å². The number of halogens is 1. The van der Waals surface area contributed by atoms with E-state index in [-0.39, 0.29) is 5.54 Å². The second kappa shape index (κ2) is 4.94. The van der Waals surface area contributed by atoms with Crippen LogP contribution in [0.2, 0.25) is 0 Å². The molecule has 2 heterocycles. The maximum absolute atomic E-state index is 4.61. The highest BCUT2D eigenvalue weighted by Crippen LogP contribution is 2.34. The predicted octanol–water partition coefficient (Wildman–Crippen LogP) is 2.94. The minimum atomic E-state index is 0.226. The van der Waals surface area contributed by atoms with Gasteiger partial charge in [-0.25, -0.2) is 4.98 Å². The third-order valence-corrected chi connectivity index (χ3v) is 3.87. The molecular formula is C13H20BrN3. The summed E-state index contributed by atoms with van der Waals surface area (Å²) in [6.07, 6.45) is 4.39. The molecule has 2 rings (SSSR count). The van der Waals surface area contributed by atoms with Gasteiger partial charge in [0.15, 0.2) is 0 Å². The van der Waals surface area contributed by atoms with Crippen LogP contribution in [0.25, 0.3) is 0 Å². The van der Waals surface area contributed by atoms with Gasteiger partial charge in [0.25, 0.3) is 0 Å². The molecule has 94 valence electrons. The normalized spacial score (nSPS) is 18.7. The summed E-state index contributed by atoms with van der Waals surface area (Å²) in [5.74, 6) is 1.13. The fourth-order valence-electron chi connectivity index (χ4n) is 2.54. The first kappa shape index (κ1) is 12.8. The first-order valence-corrected chi connectivity index (χ1v) is 6.90. The molecule has 0 saturated carbocycles. The van der Waals surface area contributed by atoms with Gasteiger partial charge in [-0.15, -0.1) is 0 Å². The van der Waals surface area contributed by atoms with E-state index < -0.39 is 0 Å². The standard InChI is InChI=1S/C13H20BrN3/c1-13(2)5-4-6-17(13)12-10(8-15-3)7-11(14)9-16-12/h7,9,15H,4-6,8H2,1-3H3. The molecule has 1 saturated heterocycles. The summed E-state index contributed by atoms with van der Waals surface area (Å²) in [7, 11) is 1.97. The molecule has 1 aromatic heterocycles. The number of nitrogens with one attached hydrogen (secondary N) is 1. The zero-order valence-electron chi connectivity index (χ0n) is 10.8. The first-order valence-electron chi connectivity index (χ1n) is 6.11. The van der Waals surface area contributed by atoms with Crippen LogP contribution in [0.3, 0.4) is 0 Å². The van der Waals surface area contributed by atoms with Crippen molar-refractivity contribution >= 4 is 21.7 Å². The molecule has 0 aliphatic carbocycles. The summed E-state index contributed by atoms with van der Waals surface area (Å²) >= 11 is 3.49. The van der Waals surface area contributed by atoms with Gasteiger partial charge in [0.2, 0.25) is 0 Å². The van der Waals surface area contributed by atoms with E-state index in [0.717, 1.165) is 23.4 Å². The highest BCUT2D eigenvalue weighted by atomic mass is 79.9. The average Bonchev–Trinajstić information content (AvgIpc) is 2.59. The van der Waals surface area contributed by atoms with Crippen molar-refractivity contribution in [2.45, 2.75) is 38.8 Å². The smallest absolute Gasteiger partial charge is 0.133 e. The van der Waals surface area contributed by atoms with Gasteiger partial charge in [-0.1, -0.05) is 0 Å². The molecule has 17 heavy (non-hydrogen) atoms. The van der Waals surface area contributed by atoms with Crippen LogP contribution in [0, 0.1) is 0 Å². The third-order valence-electron chi connectivity index (χ3n) is 3.43. The van der Waals surface area contributed by atoms with Gasteiger partial charge in [0, 0.05) is 34.9 Å². The number of hydrogen-bond donors (Lipinski definition) is 1. The second-order valence-electron chi connectivity index (χ2n) is 5.23. The van der Waals surface area contributed by atoms with Crippen LogP contribution in [0.15, 0.2) is 16.7 Å². The molecule has 0 aromatic carbocycles. The van der Waals surface area contributed by atoms with Crippen molar-refractivity contribution in [1.29, 1.82) is 0 Å². The monoisotopic (exact) mass is 297 g/mol. The maximum Gasteiger partial charge on any atom is 0.133 e. The highest BCUT2D eigenvalue weighted by Gasteiger charge is 2.33. The fraction of sp³-hybridized carbons (Fsp3) is 0.615. The van der Waals surface area contributed by atoms with Crippen LogP contribution < -0.4 is 10.2 Å². The zero-order valence-corrected chi connectivity index (χ0v) is 12.3. The van der Waals surface area contributed by atoms with Gasteiger partial charge in [-0.05, 0) is 55.7 Å². The SMILES string of the molecule is CNCc1cc(Br)cnc1N1CCCC1(C)C. The van der Waals surface area contributed by atoms with E-state index in [9.17, 15) is 0 Å². The molecule has 0 spiro atoms. The van der Waals surface area contributed by atoms with E-state index in [1.54, 1.807) is 0 Å². The number of aromatic nitrogens is 1. The molecule has 1 aliphatic heterocycles. The van der Waals surface area contributed by atoms with Crippen molar-refractivity contribution in [3.8, 4) is 0 Å². The summed E-state index contributed by atoms with van der Waals surface area (Å²) in [5, 5.41) is 3.21. The molecule has 4 heteroatoms. The van der Waals surface area contributed by atoms with Crippen LogP contribution in [0.5, 0.6) is 0 Å². The van der Waals surface area contributed by atoms with Crippen molar-refractivity contribution in [3.63, 3.8) is 0 Å². The summed E-state index contributed by atoms with van der Waals surface area (Å²) in [4.78, 5) is 7.05. The Morgan fingerprint density at radius 3 is 2.88 bits per heavy atom. The van der Waals surface area contributed by atoms with E-state index in [0.29, 0.717) is 0 Å². The van der Waals surface area contributed by atoms with Crippen molar-refractivity contribution in [2.24, 2.45) is 0 Å². The molecule has 1 fully saturated rings. The van der Waals surface area contributed by atoms with Gasteiger partial charge in [0.05, 0.1) is 0 Å². The van der Waals surface area contributed by atoms with Crippen molar-refractivity contribution < 1.29 is 0 Å². The zero-order chi connectivity index (χ0) is 12.5. The molecule has 1 aliphatic rings. The maximum atomic E-state index is 4.61. The van der Waals surface area contributed by atoms with Crippen LogP contribution in [0.1, 0.15) is 32.3 Å². The van der Waals surface area contributed by atoms with E-state index in [1.807, 2.05) is 13.2 Å². The molecule has 0 bridgehead atoms. The van der Waals surface area contributed by atoms with E-state index in [4.69, 9.17) is 0 Å². The van der Waals surface area contributed by atoms with Crippen molar-refractivity contribution in [1.82, 2.24) is 10.3 Å². The summed E-state index contributed by atoms with van der Waals surface area (Å²) < 4.78 is 1.04. The molecule has 0 unspecified atom stereocenters. The summed E-state index contributed by atoms with van der Waals surface area (Å²) in [5.41, 5.74) is 1.49. The number of pyridine rings is 1. The Balaban J connectivity index is 2.37. The lowest BCUT2D eigenvalue weighted by Gasteiger charge is -2.34. The minimum absolute atomic E-state index is 0.226. The van der Waals surface area contributed by atoms with Crippen molar-refractivity contribution in [3.05, 3.63) is 22.3 Å². The number of anilines is 1. The van der Waals surface area contributed by atoms with Gasteiger partial charge >= 0.3 is 0 Å². The molecule has 0 amide bonds. The highest BCUT2D eigenvalue weighted by molar-refractivity contribution is 9.10. The van der Waals surface area contributed by atoms with Gasteiger partial charge < -0.3 is 10.2 Å². The third kappa shape index (κ3) is 2.63. The van der Waals surface area contributed by atoms with Crippen LogP contribution in [0.4, 0.5) is 5.82 Å². The van der Waals surface area contributed by atoms with E-state index in [2.05, 4.69) is 51.0 Å². The molecule has 0 atom stereocenters. The lowest BCUT2D eigenvalue weighted by molar-refractivity contribution is 0.512. The molecule has 3 nitrogen and oxygen atoms in total. The van der Waals surface area contributed by atoms with Gasteiger partial charge in [-0.2, -0.15) is 0 Å². The summed E-state index contributed by atoms with van der Waals surface area (Å²) in [6, 6.07) is 2.16. The van der Waals surface area contributed by atoms with Crippen LogP contribution in [-0.4, -0.2) is 24.1 Å². The molecular weight excluding hydrogens is 278 g/mol. The quantitative estimate of drug-likeness (QED) is 0.930. The Hall–Kier alpha value is -0.610. The van der Waals surface area contributed by atoms with Gasteiger partial charge in [0.1, 0.15) is 5.82 Å². The Labute approximate surface area is 112 Å². The topological polar surface area (TPSA) is 28.2 Å². The number of hydrogen-bond acceptors (Lipinski definition) is 3. The Morgan fingerprint density at radius 1 is 1.53 bits per heavy atom. The lowest BCUT2D eigenvalue weighted by atomic mass is 10.0. The molecule has 0 radical (unpaired) electrons. The molecule has 1 N–H and O–H groups in total. The number of nitrogens with zero attached hydrogens (tertiary/aromatic N) is 2. The first-order chi connectivity index (χ1) is 8.04. The van der Waals surface area contributed by atoms with Crippen LogP contribution in [-0.2, 0) is 6.54 Å². The Kier molecular flexibility index (Phi) is 3.73. The van der Waals surface area contributed by atoms with Crippen LogP contribution >= 0.6 is 15.9 Å².